The van der Waals surface area contributed by atoms with Crippen molar-refractivity contribution >= 4 is 0 Å². The molecule has 1 aliphatic heterocycles. The molecule has 1 aromatic rings. The maximum Gasteiger partial charge on any atom is 0.123 e. The fourth-order valence-corrected chi connectivity index (χ4v) is 3.24. The van der Waals surface area contributed by atoms with Crippen LogP contribution in [0.1, 0.15) is 44.2 Å². The van der Waals surface area contributed by atoms with Crippen molar-refractivity contribution in [3.05, 3.63) is 35.6 Å². The van der Waals surface area contributed by atoms with Gasteiger partial charge in [-0.1, -0.05) is 12.1 Å². The van der Waals surface area contributed by atoms with E-state index in [1.165, 1.54) is 18.4 Å². The maximum atomic E-state index is 13.1. The number of hydrogen-bond donors (Lipinski definition) is 1. The number of halogens is 1. The average molecular weight is 277 g/mol. The number of ether oxygens (including phenoxy) is 1. The molecular weight excluding hydrogens is 253 g/mol. The number of rotatable bonds is 5. The summed E-state index contributed by atoms with van der Waals surface area (Å²) in [4.78, 5) is 0. The zero-order valence-electron chi connectivity index (χ0n) is 12.1. The molecule has 1 saturated heterocycles. The molecule has 110 valence electrons. The van der Waals surface area contributed by atoms with Crippen molar-refractivity contribution in [2.75, 3.05) is 13.2 Å². The number of hydrogen-bond acceptors (Lipinski definition) is 2. The predicted molar refractivity (Wildman–Crippen MR) is 78.0 cm³/mol. The normalized spacial score (nSPS) is 23.5. The highest BCUT2D eigenvalue weighted by Gasteiger charge is 2.34. The third-order valence-corrected chi connectivity index (χ3v) is 4.74. The van der Waals surface area contributed by atoms with E-state index in [0.717, 1.165) is 32.0 Å². The highest BCUT2D eigenvalue weighted by atomic mass is 19.1. The van der Waals surface area contributed by atoms with Gasteiger partial charge in [-0.3, -0.25) is 0 Å². The van der Waals surface area contributed by atoms with Crippen molar-refractivity contribution in [1.29, 1.82) is 0 Å². The largest absolute Gasteiger partial charge is 0.381 e. The van der Waals surface area contributed by atoms with E-state index in [1.807, 2.05) is 12.1 Å². The molecule has 0 spiro atoms. The Bertz CT molecular complexity index is 423. The van der Waals surface area contributed by atoms with Crippen molar-refractivity contribution < 1.29 is 9.13 Å². The summed E-state index contributed by atoms with van der Waals surface area (Å²) in [6.45, 7) is 4.07. The van der Waals surface area contributed by atoms with E-state index in [-0.39, 0.29) is 5.82 Å². The third-order valence-electron chi connectivity index (χ3n) is 4.74. The van der Waals surface area contributed by atoms with Crippen LogP contribution in [0.2, 0.25) is 0 Å². The first-order valence-corrected chi connectivity index (χ1v) is 7.83. The maximum absolute atomic E-state index is 13.1. The summed E-state index contributed by atoms with van der Waals surface area (Å²) in [6, 6.07) is 7.89. The Morgan fingerprint density at radius 3 is 2.30 bits per heavy atom. The Kier molecular flexibility index (Phi) is 4.37. The van der Waals surface area contributed by atoms with Gasteiger partial charge in [-0.15, -0.1) is 0 Å². The second-order valence-electron chi connectivity index (χ2n) is 6.27. The first-order valence-electron chi connectivity index (χ1n) is 7.83. The molecule has 1 saturated carbocycles. The van der Waals surface area contributed by atoms with E-state index in [9.17, 15) is 4.39 Å². The van der Waals surface area contributed by atoms with Crippen molar-refractivity contribution in [1.82, 2.24) is 5.32 Å². The minimum absolute atomic E-state index is 0.152. The molecule has 20 heavy (non-hydrogen) atoms. The second-order valence-corrected chi connectivity index (χ2v) is 6.27. The van der Waals surface area contributed by atoms with Gasteiger partial charge in [0.1, 0.15) is 5.82 Å². The van der Waals surface area contributed by atoms with Gasteiger partial charge < -0.3 is 10.1 Å². The zero-order valence-corrected chi connectivity index (χ0v) is 12.1. The minimum Gasteiger partial charge on any atom is -0.381 e. The molecule has 2 atom stereocenters. The molecule has 0 amide bonds. The SMILES string of the molecule is CC(NC(c1ccc(F)cc1)C1CC1)C1CCOCC1. The zero-order chi connectivity index (χ0) is 13.9. The third kappa shape index (κ3) is 3.39. The molecule has 0 radical (unpaired) electrons. The Morgan fingerprint density at radius 2 is 1.70 bits per heavy atom. The molecule has 3 rings (SSSR count). The standard InChI is InChI=1S/C17H24FNO/c1-12(13-8-10-20-11-9-13)19-17(14-2-3-14)15-4-6-16(18)7-5-15/h4-7,12-14,17,19H,2-3,8-11H2,1H3. The lowest BCUT2D eigenvalue weighted by Gasteiger charge is -2.32. The lowest BCUT2D eigenvalue weighted by Crippen LogP contribution is -2.39. The molecule has 1 N–H and O–H groups in total. The fraction of sp³-hybridized carbons (Fsp3) is 0.647. The highest BCUT2D eigenvalue weighted by Crippen LogP contribution is 2.41. The molecule has 2 fully saturated rings. The van der Waals surface area contributed by atoms with Gasteiger partial charge in [-0.2, -0.15) is 0 Å². The van der Waals surface area contributed by atoms with Crippen LogP contribution >= 0.6 is 0 Å². The van der Waals surface area contributed by atoms with Gasteiger partial charge in [-0.05, 0) is 62.1 Å². The van der Waals surface area contributed by atoms with E-state index in [2.05, 4.69) is 12.2 Å². The van der Waals surface area contributed by atoms with Crippen LogP contribution in [0, 0.1) is 17.7 Å². The van der Waals surface area contributed by atoms with E-state index in [4.69, 9.17) is 4.74 Å². The van der Waals surface area contributed by atoms with Crippen molar-refractivity contribution in [3.8, 4) is 0 Å². The molecule has 2 unspecified atom stereocenters. The summed E-state index contributed by atoms with van der Waals surface area (Å²) in [5.41, 5.74) is 1.23. The molecule has 1 aromatic carbocycles. The first-order chi connectivity index (χ1) is 9.74. The number of benzene rings is 1. The van der Waals surface area contributed by atoms with Crippen LogP contribution in [0.3, 0.4) is 0 Å². The summed E-state index contributed by atoms with van der Waals surface area (Å²) in [5.74, 6) is 1.27. The van der Waals surface area contributed by atoms with Gasteiger partial charge in [0.25, 0.3) is 0 Å². The van der Waals surface area contributed by atoms with E-state index < -0.39 is 0 Å². The molecule has 1 heterocycles. The quantitative estimate of drug-likeness (QED) is 0.886. The van der Waals surface area contributed by atoms with Gasteiger partial charge in [0.05, 0.1) is 0 Å². The second kappa shape index (κ2) is 6.23. The molecule has 0 aromatic heterocycles. The molecule has 2 nitrogen and oxygen atoms in total. The molecule has 0 bridgehead atoms. The van der Waals surface area contributed by atoms with Gasteiger partial charge in [-0.25, -0.2) is 4.39 Å². The Hall–Kier alpha value is -0.930. The van der Waals surface area contributed by atoms with Crippen LogP contribution in [0.15, 0.2) is 24.3 Å². The van der Waals surface area contributed by atoms with Crippen molar-refractivity contribution in [2.45, 2.75) is 44.7 Å². The van der Waals surface area contributed by atoms with Gasteiger partial charge in [0, 0.05) is 25.3 Å². The van der Waals surface area contributed by atoms with E-state index in [0.29, 0.717) is 18.0 Å². The summed E-state index contributed by atoms with van der Waals surface area (Å²) >= 11 is 0. The Labute approximate surface area is 120 Å². The van der Waals surface area contributed by atoms with Gasteiger partial charge in [0.15, 0.2) is 0 Å². The fourth-order valence-electron chi connectivity index (χ4n) is 3.24. The highest BCUT2D eigenvalue weighted by molar-refractivity contribution is 5.22. The van der Waals surface area contributed by atoms with Crippen molar-refractivity contribution in [3.63, 3.8) is 0 Å². The summed E-state index contributed by atoms with van der Waals surface area (Å²) in [7, 11) is 0. The molecule has 2 aliphatic rings. The summed E-state index contributed by atoms with van der Waals surface area (Å²) < 4.78 is 18.5. The van der Waals surface area contributed by atoms with Crippen LogP contribution in [0.5, 0.6) is 0 Å². The van der Waals surface area contributed by atoms with Gasteiger partial charge in [0.2, 0.25) is 0 Å². The van der Waals surface area contributed by atoms with E-state index >= 15 is 0 Å². The van der Waals surface area contributed by atoms with Crippen LogP contribution in [0.4, 0.5) is 4.39 Å². The van der Waals surface area contributed by atoms with Gasteiger partial charge >= 0.3 is 0 Å². The average Bonchev–Trinajstić information content (AvgIpc) is 3.31. The minimum atomic E-state index is -0.152. The summed E-state index contributed by atoms with van der Waals surface area (Å²) in [6.07, 6.45) is 4.87. The molecule has 3 heteroatoms. The smallest absolute Gasteiger partial charge is 0.123 e. The number of nitrogens with one attached hydrogen (secondary N) is 1. The lowest BCUT2D eigenvalue weighted by atomic mass is 9.91. The molecule has 1 aliphatic carbocycles. The lowest BCUT2D eigenvalue weighted by molar-refractivity contribution is 0.0539. The Morgan fingerprint density at radius 1 is 1.05 bits per heavy atom. The monoisotopic (exact) mass is 277 g/mol. The van der Waals surface area contributed by atoms with Crippen LogP contribution in [-0.2, 0) is 4.74 Å². The predicted octanol–water partition coefficient (Wildman–Crippen LogP) is 3.68. The Balaban J connectivity index is 1.66. The van der Waals surface area contributed by atoms with Crippen LogP contribution in [-0.4, -0.2) is 19.3 Å². The summed E-state index contributed by atoms with van der Waals surface area (Å²) in [5, 5.41) is 3.81. The first kappa shape index (κ1) is 14.0. The van der Waals surface area contributed by atoms with Crippen LogP contribution in [0.25, 0.3) is 0 Å². The molecular formula is C17H24FNO. The van der Waals surface area contributed by atoms with E-state index in [1.54, 1.807) is 12.1 Å². The van der Waals surface area contributed by atoms with Crippen LogP contribution < -0.4 is 5.32 Å². The van der Waals surface area contributed by atoms with Crippen molar-refractivity contribution in [2.24, 2.45) is 11.8 Å². The topological polar surface area (TPSA) is 21.3 Å².